The first-order valence-electron chi connectivity index (χ1n) is 11.4. The van der Waals surface area contributed by atoms with Crippen LogP contribution in [0, 0.1) is 0 Å². The lowest BCUT2D eigenvalue weighted by Gasteiger charge is -2.30. The Morgan fingerprint density at radius 1 is 1.15 bits per heavy atom. The highest BCUT2D eigenvalue weighted by Crippen LogP contribution is 2.34. The van der Waals surface area contributed by atoms with E-state index in [9.17, 15) is 14.4 Å². The molecule has 4 rings (SSSR count). The van der Waals surface area contributed by atoms with Crippen molar-refractivity contribution in [3.05, 3.63) is 36.0 Å². The van der Waals surface area contributed by atoms with Crippen LogP contribution in [0.3, 0.4) is 0 Å². The molecule has 33 heavy (non-hydrogen) atoms. The molecule has 10 heteroatoms. The normalized spacial score (nSPS) is 17.8. The minimum absolute atomic E-state index is 0.122. The standard InChI is InChI=1S/C23H29N5O5/c1-16(29)26-23(12-6-2-3-7-13-23)21-25-20(33-27-21)11-10-19(30)24-17-8-4-5-9-18(17)28-14-15-32-22(28)31/h4-5,8-9H,2-3,6-7,10-15H2,1H3,(H,24,30)(H,26,29). The predicted octanol–water partition coefficient (Wildman–Crippen LogP) is 3.28. The Labute approximate surface area is 192 Å². The maximum absolute atomic E-state index is 12.6. The number of anilines is 2. The zero-order chi connectivity index (χ0) is 23.3. The second-order valence-corrected chi connectivity index (χ2v) is 8.52. The van der Waals surface area contributed by atoms with Gasteiger partial charge in [-0.05, 0) is 25.0 Å². The number of ether oxygens (including phenoxy) is 1. The molecule has 0 atom stereocenters. The van der Waals surface area contributed by atoms with Gasteiger partial charge in [0.25, 0.3) is 0 Å². The number of amides is 3. The van der Waals surface area contributed by atoms with Gasteiger partial charge in [0.1, 0.15) is 12.1 Å². The summed E-state index contributed by atoms with van der Waals surface area (Å²) >= 11 is 0. The van der Waals surface area contributed by atoms with Crippen LogP contribution in [0.1, 0.15) is 63.6 Å². The van der Waals surface area contributed by atoms with E-state index < -0.39 is 11.6 Å². The van der Waals surface area contributed by atoms with E-state index in [0.29, 0.717) is 36.2 Å². The largest absolute Gasteiger partial charge is 0.447 e. The molecule has 2 fully saturated rings. The number of benzene rings is 1. The summed E-state index contributed by atoms with van der Waals surface area (Å²) in [6, 6.07) is 7.10. The fourth-order valence-electron chi connectivity index (χ4n) is 4.48. The van der Waals surface area contributed by atoms with E-state index in [0.717, 1.165) is 38.5 Å². The maximum Gasteiger partial charge on any atom is 0.414 e. The highest BCUT2D eigenvalue weighted by molar-refractivity contribution is 5.99. The first kappa shape index (κ1) is 22.8. The van der Waals surface area contributed by atoms with Crippen molar-refractivity contribution in [2.75, 3.05) is 23.4 Å². The maximum atomic E-state index is 12.6. The Hall–Kier alpha value is -3.43. The van der Waals surface area contributed by atoms with Crippen LogP contribution in [0.25, 0.3) is 0 Å². The number of rotatable bonds is 7. The van der Waals surface area contributed by atoms with E-state index in [2.05, 4.69) is 20.8 Å². The van der Waals surface area contributed by atoms with E-state index in [4.69, 9.17) is 9.26 Å². The third kappa shape index (κ3) is 5.32. The first-order chi connectivity index (χ1) is 16.0. The predicted molar refractivity (Wildman–Crippen MR) is 120 cm³/mol. The lowest BCUT2D eigenvalue weighted by atomic mass is 9.89. The quantitative estimate of drug-likeness (QED) is 0.614. The summed E-state index contributed by atoms with van der Waals surface area (Å²) < 4.78 is 10.4. The van der Waals surface area contributed by atoms with Crippen LogP contribution in [0.15, 0.2) is 28.8 Å². The van der Waals surface area contributed by atoms with E-state index in [1.54, 1.807) is 24.3 Å². The Kier molecular flexibility index (Phi) is 6.90. The average molecular weight is 456 g/mol. The summed E-state index contributed by atoms with van der Waals surface area (Å²) in [5, 5.41) is 10.1. The van der Waals surface area contributed by atoms with E-state index in [1.165, 1.54) is 11.8 Å². The molecule has 1 saturated carbocycles. The average Bonchev–Trinajstić information content (AvgIpc) is 3.37. The van der Waals surface area contributed by atoms with Crippen molar-refractivity contribution in [3.63, 3.8) is 0 Å². The molecule has 0 bridgehead atoms. The molecule has 1 aromatic carbocycles. The van der Waals surface area contributed by atoms with Crippen molar-refractivity contribution in [2.45, 2.75) is 63.8 Å². The number of aromatic nitrogens is 2. The Morgan fingerprint density at radius 2 is 1.91 bits per heavy atom. The molecule has 0 unspecified atom stereocenters. The molecule has 1 saturated heterocycles. The second-order valence-electron chi connectivity index (χ2n) is 8.52. The molecule has 10 nitrogen and oxygen atoms in total. The number of para-hydroxylation sites is 2. The van der Waals surface area contributed by atoms with Crippen molar-refractivity contribution in [3.8, 4) is 0 Å². The smallest absolute Gasteiger partial charge is 0.414 e. The topological polar surface area (TPSA) is 127 Å². The fraction of sp³-hybridized carbons (Fsp3) is 0.522. The zero-order valence-corrected chi connectivity index (χ0v) is 18.8. The van der Waals surface area contributed by atoms with Crippen LogP contribution >= 0.6 is 0 Å². The number of hydrogen-bond acceptors (Lipinski definition) is 7. The summed E-state index contributed by atoms with van der Waals surface area (Å²) in [5.74, 6) is 0.474. The Balaban J connectivity index is 1.40. The monoisotopic (exact) mass is 455 g/mol. The molecule has 0 radical (unpaired) electrons. The first-order valence-corrected chi connectivity index (χ1v) is 11.4. The van der Waals surface area contributed by atoms with Gasteiger partial charge in [0.15, 0.2) is 5.82 Å². The van der Waals surface area contributed by atoms with Gasteiger partial charge < -0.3 is 19.9 Å². The molecular weight excluding hydrogens is 426 g/mol. The molecule has 1 aromatic heterocycles. The van der Waals surface area contributed by atoms with Gasteiger partial charge in [0.2, 0.25) is 17.7 Å². The van der Waals surface area contributed by atoms with Crippen LogP contribution in [-0.2, 0) is 26.3 Å². The molecule has 1 aliphatic heterocycles. The molecule has 3 amide bonds. The summed E-state index contributed by atoms with van der Waals surface area (Å²) in [7, 11) is 0. The fourth-order valence-corrected chi connectivity index (χ4v) is 4.48. The second kappa shape index (κ2) is 10.0. The van der Waals surface area contributed by atoms with Crippen molar-refractivity contribution in [1.82, 2.24) is 15.5 Å². The van der Waals surface area contributed by atoms with Crippen LogP contribution < -0.4 is 15.5 Å². The van der Waals surface area contributed by atoms with E-state index >= 15 is 0 Å². The highest BCUT2D eigenvalue weighted by atomic mass is 16.6. The van der Waals surface area contributed by atoms with Gasteiger partial charge >= 0.3 is 6.09 Å². The lowest BCUT2D eigenvalue weighted by Crippen LogP contribution is -2.45. The van der Waals surface area contributed by atoms with Gasteiger partial charge in [-0.15, -0.1) is 0 Å². The molecule has 0 spiro atoms. The lowest BCUT2D eigenvalue weighted by molar-refractivity contribution is -0.121. The number of cyclic esters (lactones) is 1. The summed E-state index contributed by atoms with van der Waals surface area (Å²) in [6.07, 6.45) is 5.69. The van der Waals surface area contributed by atoms with Gasteiger partial charge in [-0.25, -0.2) is 4.79 Å². The number of hydrogen-bond donors (Lipinski definition) is 2. The molecule has 2 N–H and O–H groups in total. The van der Waals surface area contributed by atoms with Crippen molar-refractivity contribution in [2.24, 2.45) is 0 Å². The summed E-state index contributed by atoms with van der Waals surface area (Å²) in [5.41, 5.74) is 0.519. The Bertz CT molecular complexity index is 1010. The number of nitrogens with one attached hydrogen (secondary N) is 2. The minimum atomic E-state index is -0.615. The van der Waals surface area contributed by atoms with Crippen LogP contribution in [0.4, 0.5) is 16.2 Å². The molecular formula is C23H29N5O5. The van der Waals surface area contributed by atoms with Gasteiger partial charge in [-0.3, -0.25) is 14.5 Å². The summed E-state index contributed by atoms with van der Waals surface area (Å²) in [6.45, 7) is 2.25. The Morgan fingerprint density at radius 3 is 2.61 bits per heavy atom. The van der Waals surface area contributed by atoms with Crippen molar-refractivity contribution < 1.29 is 23.6 Å². The SMILES string of the molecule is CC(=O)NC1(c2noc(CCC(=O)Nc3ccccc3N3CCOC3=O)n2)CCCCCC1. The van der Waals surface area contributed by atoms with Gasteiger partial charge in [0, 0.05) is 19.8 Å². The van der Waals surface area contributed by atoms with Gasteiger partial charge in [0.05, 0.1) is 17.9 Å². The summed E-state index contributed by atoms with van der Waals surface area (Å²) in [4.78, 5) is 42.4. The zero-order valence-electron chi connectivity index (χ0n) is 18.8. The number of aryl methyl sites for hydroxylation is 1. The number of nitrogens with zero attached hydrogens (tertiary/aromatic N) is 3. The molecule has 176 valence electrons. The number of carbonyl (C=O) groups is 3. The van der Waals surface area contributed by atoms with Crippen molar-refractivity contribution >= 4 is 29.3 Å². The number of carbonyl (C=O) groups excluding carboxylic acids is 3. The minimum Gasteiger partial charge on any atom is -0.447 e. The van der Waals surface area contributed by atoms with Crippen LogP contribution in [0.5, 0.6) is 0 Å². The van der Waals surface area contributed by atoms with E-state index in [1.807, 2.05) is 0 Å². The molecule has 2 aliphatic rings. The van der Waals surface area contributed by atoms with Crippen LogP contribution in [0.2, 0.25) is 0 Å². The van der Waals surface area contributed by atoms with Gasteiger partial charge in [-0.2, -0.15) is 4.98 Å². The highest BCUT2D eigenvalue weighted by Gasteiger charge is 2.38. The molecule has 1 aliphatic carbocycles. The molecule has 2 aromatic rings. The van der Waals surface area contributed by atoms with E-state index in [-0.39, 0.29) is 24.7 Å². The molecule has 2 heterocycles. The third-order valence-electron chi connectivity index (χ3n) is 6.06. The van der Waals surface area contributed by atoms with Crippen LogP contribution in [-0.4, -0.2) is 41.2 Å². The van der Waals surface area contributed by atoms with Crippen molar-refractivity contribution in [1.29, 1.82) is 0 Å². The third-order valence-corrected chi connectivity index (χ3v) is 6.06. The van der Waals surface area contributed by atoms with Gasteiger partial charge in [-0.1, -0.05) is 43.0 Å².